The second-order valence-electron chi connectivity index (χ2n) is 7.36. The van der Waals surface area contributed by atoms with Gasteiger partial charge >= 0.3 is 5.97 Å². The van der Waals surface area contributed by atoms with E-state index in [2.05, 4.69) is 5.32 Å². The van der Waals surface area contributed by atoms with Gasteiger partial charge in [-0.3, -0.25) is 9.59 Å². The summed E-state index contributed by atoms with van der Waals surface area (Å²) in [6, 6.07) is 7.51. The Kier molecular flexibility index (Phi) is 6.34. The van der Waals surface area contributed by atoms with E-state index < -0.39 is 5.97 Å². The number of rotatable bonds is 6. The summed E-state index contributed by atoms with van der Waals surface area (Å²) in [6.07, 6.45) is 2.34. The standard InChI is InChI=1S/C21H26N2O4S/c1-3-13(2)20(25)23-10-6-7-14(12-23)19(24)22-11-16-15-8-4-5-9-17(15)28-18(16)21(26)27/h4-5,8-9,13-14H,3,6-7,10-12H2,1-2H3,(H,22,24)(H,26,27)/t13-,14+/m1/s1. The molecule has 2 atom stereocenters. The van der Waals surface area contributed by atoms with Gasteiger partial charge in [0.2, 0.25) is 11.8 Å². The van der Waals surface area contributed by atoms with Crippen molar-refractivity contribution in [1.29, 1.82) is 0 Å². The van der Waals surface area contributed by atoms with Crippen LogP contribution in [0.5, 0.6) is 0 Å². The molecule has 1 aromatic heterocycles. The van der Waals surface area contributed by atoms with Crippen LogP contribution in [0.25, 0.3) is 10.1 Å². The molecule has 0 bridgehead atoms. The molecule has 1 fully saturated rings. The lowest BCUT2D eigenvalue weighted by atomic mass is 9.95. The van der Waals surface area contributed by atoms with Gasteiger partial charge in [0.05, 0.1) is 5.92 Å². The first-order valence-corrected chi connectivity index (χ1v) is 10.5. The Morgan fingerprint density at radius 2 is 2.07 bits per heavy atom. The van der Waals surface area contributed by atoms with Gasteiger partial charge in [0.15, 0.2) is 0 Å². The number of piperidine rings is 1. The summed E-state index contributed by atoms with van der Waals surface area (Å²) in [5.74, 6) is -1.27. The van der Waals surface area contributed by atoms with Crippen molar-refractivity contribution in [2.45, 2.75) is 39.7 Å². The third-order valence-corrected chi connectivity index (χ3v) is 6.67. The molecule has 1 aromatic carbocycles. The maximum absolute atomic E-state index is 12.7. The van der Waals surface area contributed by atoms with Crippen molar-refractivity contribution in [2.75, 3.05) is 13.1 Å². The number of benzene rings is 1. The molecule has 0 spiro atoms. The average Bonchev–Trinajstić information content (AvgIpc) is 3.10. The molecule has 6 nitrogen and oxygen atoms in total. The van der Waals surface area contributed by atoms with E-state index in [0.29, 0.717) is 18.7 Å². The van der Waals surface area contributed by atoms with Crippen LogP contribution in [-0.2, 0) is 16.1 Å². The van der Waals surface area contributed by atoms with E-state index in [0.717, 1.165) is 29.3 Å². The van der Waals surface area contributed by atoms with Crippen LogP contribution in [0, 0.1) is 11.8 Å². The molecule has 3 rings (SSSR count). The number of thiophene rings is 1. The molecule has 150 valence electrons. The molecule has 2 aromatic rings. The Hall–Kier alpha value is -2.41. The molecular formula is C21H26N2O4S. The number of carboxylic acids is 1. The van der Waals surface area contributed by atoms with E-state index in [1.165, 1.54) is 11.3 Å². The van der Waals surface area contributed by atoms with Crippen LogP contribution >= 0.6 is 11.3 Å². The molecule has 2 amide bonds. The Bertz CT molecular complexity index is 892. The molecule has 0 radical (unpaired) electrons. The lowest BCUT2D eigenvalue weighted by Crippen LogP contribution is -2.46. The van der Waals surface area contributed by atoms with E-state index in [1.807, 2.05) is 38.1 Å². The summed E-state index contributed by atoms with van der Waals surface area (Å²) < 4.78 is 0.896. The Morgan fingerprint density at radius 3 is 2.79 bits per heavy atom. The van der Waals surface area contributed by atoms with Crippen LogP contribution in [0.2, 0.25) is 0 Å². The van der Waals surface area contributed by atoms with Gasteiger partial charge in [0.1, 0.15) is 4.88 Å². The largest absolute Gasteiger partial charge is 0.477 e. The van der Waals surface area contributed by atoms with Gasteiger partial charge in [-0.25, -0.2) is 4.79 Å². The minimum Gasteiger partial charge on any atom is -0.477 e. The van der Waals surface area contributed by atoms with Crippen molar-refractivity contribution in [2.24, 2.45) is 11.8 Å². The molecule has 2 heterocycles. The van der Waals surface area contributed by atoms with Crippen LogP contribution in [-0.4, -0.2) is 40.9 Å². The van der Waals surface area contributed by atoms with Crippen molar-refractivity contribution in [1.82, 2.24) is 10.2 Å². The van der Waals surface area contributed by atoms with E-state index in [9.17, 15) is 19.5 Å². The first-order valence-electron chi connectivity index (χ1n) is 9.72. The zero-order valence-corrected chi connectivity index (χ0v) is 17.1. The van der Waals surface area contributed by atoms with E-state index in [4.69, 9.17) is 0 Å². The second-order valence-corrected chi connectivity index (χ2v) is 8.41. The molecule has 0 unspecified atom stereocenters. The Balaban J connectivity index is 1.69. The quantitative estimate of drug-likeness (QED) is 0.774. The molecule has 2 N–H and O–H groups in total. The lowest BCUT2D eigenvalue weighted by molar-refractivity contribution is -0.139. The van der Waals surface area contributed by atoms with Crippen LogP contribution in [0.3, 0.4) is 0 Å². The average molecular weight is 403 g/mol. The molecule has 0 aliphatic carbocycles. The van der Waals surface area contributed by atoms with Gasteiger partial charge in [-0.15, -0.1) is 11.3 Å². The number of nitrogens with zero attached hydrogens (tertiary/aromatic N) is 1. The SMILES string of the molecule is CC[C@@H](C)C(=O)N1CCC[C@H](C(=O)NCc2c(C(=O)O)sc3ccccc23)C1. The smallest absolute Gasteiger partial charge is 0.346 e. The van der Waals surface area contributed by atoms with Gasteiger partial charge in [0.25, 0.3) is 0 Å². The third kappa shape index (κ3) is 4.19. The van der Waals surface area contributed by atoms with Crippen molar-refractivity contribution in [3.63, 3.8) is 0 Å². The number of amides is 2. The number of fused-ring (bicyclic) bond motifs is 1. The molecule has 1 aliphatic rings. The number of carbonyl (C=O) groups excluding carboxylic acids is 2. The van der Waals surface area contributed by atoms with Crippen molar-refractivity contribution in [3.8, 4) is 0 Å². The summed E-state index contributed by atoms with van der Waals surface area (Å²) in [4.78, 5) is 38.8. The minimum atomic E-state index is -0.978. The van der Waals surface area contributed by atoms with Crippen LogP contribution in [0.4, 0.5) is 0 Å². The second kappa shape index (κ2) is 8.73. The summed E-state index contributed by atoms with van der Waals surface area (Å²) in [5, 5.41) is 13.3. The summed E-state index contributed by atoms with van der Waals surface area (Å²) >= 11 is 1.23. The highest BCUT2D eigenvalue weighted by Crippen LogP contribution is 2.31. The summed E-state index contributed by atoms with van der Waals surface area (Å²) in [6.45, 7) is 5.22. The zero-order valence-electron chi connectivity index (χ0n) is 16.2. The van der Waals surface area contributed by atoms with Crippen LogP contribution in [0.1, 0.15) is 48.3 Å². The number of hydrogen-bond acceptors (Lipinski definition) is 4. The predicted octanol–water partition coefficient (Wildman–Crippen LogP) is 3.50. The highest BCUT2D eigenvalue weighted by atomic mass is 32.1. The van der Waals surface area contributed by atoms with Crippen molar-refractivity contribution < 1.29 is 19.5 Å². The highest BCUT2D eigenvalue weighted by Gasteiger charge is 2.30. The van der Waals surface area contributed by atoms with Crippen molar-refractivity contribution >= 4 is 39.2 Å². The predicted molar refractivity (Wildman–Crippen MR) is 109 cm³/mol. The van der Waals surface area contributed by atoms with Gasteiger partial charge in [-0.05, 0) is 30.7 Å². The summed E-state index contributed by atoms with van der Waals surface area (Å²) in [7, 11) is 0. The maximum atomic E-state index is 12.7. The third-order valence-electron chi connectivity index (χ3n) is 5.47. The number of likely N-dealkylation sites (tertiary alicyclic amines) is 1. The van der Waals surface area contributed by atoms with Crippen LogP contribution in [0.15, 0.2) is 24.3 Å². The van der Waals surface area contributed by atoms with Crippen LogP contribution < -0.4 is 5.32 Å². The molecule has 0 saturated carbocycles. The van der Waals surface area contributed by atoms with E-state index in [-0.39, 0.29) is 35.1 Å². The number of carboxylic acid groups (broad SMARTS) is 1. The molecule has 7 heteroatoms. The zero-order chi connectivity index (χ0) is 20.3. The number of carbonyl (C=O) groups is 3. The van der Waals surface area contributed by atoms with Gasteiger partial charge in [0, 0.05) is 35.8 Å². The van der Waals surface area contributed by atoms with E-state index in [1.54, 1.807) is 4.90 Å². The normalized spacial score (nSPS) is 18.1. The topological polar surface area (TPSA) is 86.7 Å². The minimum absolute atomic E-state index is 0.0305. The van der Waals surface area contributed by atoms with Crippen molar-refractivity contribution in [3.05, 3.63) is 34.7 Å². The fourth-order valence-electron chi connectivity index (χ4n) is 3.64. The first kappa shape index (κ1) is 20.3. The highest BCUT2D eigenvalue weighted by molar-refractivity contribution is 7.21. The first-order chi connectivity index (χ1) is 13.4. The summed E-state index contributed by atoms with van der Waals surface area (Å²) in [5.41, 5.74) is 0.643. The van der Waals surface area contributed by atoms with Gasteiger partial charge in [-0.1, -0.05) is 32.0 Å². The Morgan fingerprint density at radius 1 is 1.32 bits per heavy atom. The number of aromatic carboxylic acids is 1. The fourth-order valence-corrected chi connectivity index (χ4v) is 4.70. The fraction of sp³-hybridized carbons (Fsp3) is 0.476. The number of nitrogens with one attached hydrogen (secondary N) is 1. The van der Waals surface area contributed by atoms with E-state index >= 15 is 0 Å². The monoisotopic (exact) mass is 402 g/mol. The van der Waals surface area contributed by atoms with Gasteiger partial charge < -0.3 is 15.3 Å². The van der Waals surface area contributed by atoms with Gasteiger partial charge in [-0.2, -0.15) is 0 Å². The lowest BCUT2D eigenvalue weighted by Gasteiger charge is -2.33. The maximum Gasteiger partial charge on any atom is 0.346 e. The number of hydrogen-bond donors (Lipinski definition) is 2. The molecule has 28 heavy (non-hydrogen) atoms. The molecule has 1 aliphatic heterocycles. The molecular weight excluding hydrogens is 376 g/mol. The Labute approximate surface area is 168 Å². The molecule has 1 saturated heterocycles.